The molecule has 2 N–H and O–H groups in total. The van der Waals surface area contributed by atoms with Gasteiger partial charge in [-0.2, -0.15) is 5.26 Å². The lowest BCUT2D eigenvalue weighted by atomic mass is 10.1. The third-order valence-electron chi connectivity index (χ3n) is 2.37. The van der Waals surface area contributed by atoms with E-state index in [4.69, 9.17) is 10.00 Å². The van der Waals surface area contributed by atoms with Crippen LogP contribution in [0.15, 0.2) is 24.3 Å². The monoisotopic (exact) mass is 275 g/mol. The Hall–Kier alpha value is -2.88. The number of amides is 3. The lowest BCUT2D eigenvalue weighted by Crippen LogP contribution is -2.43. The molecule has 1 aromatic carbocycles. The highest BCUT2D eigenvalue weighted by Crippen LogP contribution is 2.06. The first-order chi connectivity index (χ1) is 9.47. The van der Waals surface area contributed by atoms with Gasteiger partial charge in [0.2, 0.25) is 0 Å². The van der Waals surface area contributed by atoms with Crippen LogP contribution in [0, 0.1) is 11.3 Å². The molecule has 20 heavy (non-hydrogen) atoms. The number of carbonyl (C=O) groups is 3. The Morgan fingerprint density at radius 3 is 2.35 bits per heavy atom. The predicted octanol–water partition coefficient (Wildman–Crippen LogP) is 0.559. The Labute approximate surface area is 115 Å². The number of carbonyl (C=O) groups excluding carboxylic acids is 3. The molecule has 0 aromatic heterocycles. The molecule has 0 aliphatic rings. The highest BCUT2D eigenvalue weighted by atomic mass is 16.5. The first kappa shape index (κ1) is 15.2. The number of rotatable bonds is 3. The van der Waals surface area contributed by atoms with Crippen molar-refractivity contribution in [3.8, 4) is 6.07 Å². The summed E-state index contributed by atoms with van der Waals surface area (Å²) in [7, 11) is 1.36. The normalized spacial score (nSPS) is 10.8. The van der Waals surface area contributed by atoms with E-state index >= 15 is 0 Å². The smallest absolute Gasteiger partial charge is 0.338 e. The molecule has 1 rings (SSSR count). The van der Waals surface area contributed by atoms with Crippen molar-refractivity contribution in [2.75, 3.05) is 7.05 Å². The minimum atomic E-state index is -1.12. The van der Waals surface area contributed by atoms with Crippen LogP contribution in [0.3, 0.4) is 0 Å². The Balaban J connectivity index is 2.63. The van der Waals surface area contributed by atoms with Gasteiger partial charge in [0.1, 0.15) is 0 Å². The van der Waals surface area contributed by atoms with Crippen LogP contribution >= 0.6 is 0 Å². The molecule has 0 spiro atoms. The number of ether oxygens (including phenoxy) is 1. The lowest BCUT2D eigenvalue weighted by molar-refractivity contribution is -0.127. The Bertz CT molecular complexity index is 560. The second kappa shape index (κ2) is 6.89. The van der Waals surface area contributed by atoms with Crippen molar-refractivity contribution in [3.05, 3.63) is 35.4 Å². The van der Waals surface area contributed by atoms with Crippen molar-refractivity contribution in [1.82, 2.24) is 10.6 Å². The van der Waals surface area contributed by atoms with Gasteiger partial charge in [-0.05, 0) is 31.2 Å². The summed E-state index contributed by atoms with van der Waals surface area (Å²) in [4.78, 5) is 34.2. The number of benzene rings is 1. The van der Waals surface area contributed by atoms with Crippen molar-refractivity contribution in [2.45, 2.75) is 13.0 Å². The Morgan fingerprint density at radius 2 is 1.85 bits per heavy atom. The van der Waals surface area contributed by atoms with Crippen LogP contribution in [0.25, 0.3) is 0 Å². The minimum Gasteiger partial charge on any atom is -0.449 e. The molecule has 0 radical (unpaired) electrons. The van der Waals surface area contributed by atoms with Gasteiger partial charge in [-0.3, -0.25) is 10.1 Å². The largest absolute Gasteiger partial charge is 0.449 e. The predicted molar refractivity (Wildman–Crippen MR) is 68.6 cm³/mol. The molecular formula is C13H13N3O4. The zero-order valence-electron chi connectivity index (χ0n) is 11.0. The number of nitrogens with zero attached hydrogens (tertiary/aromatic N) is 1. The maximum atomic E-state index is 11.7. The van der Waals surface area contributed by atoms with Crippen LogP contribution in [-0.4, -0.2) is 31.1 Å². The molecule has 1 atom stereocenters. The summed E-state index contributed by atoms with van der Waals surface area (Å²) in [6, 6.07) is 7.01. The van der Waals surface area contributed by atoms with E-state index in [0.717, 1.165) is 0 Å². The third kappa shape index (κ3) is 4.10. The molecular weight excluding hydrogens is 262 g/mol. The zero-order valence-corrected chi connectivity index (χ0v) is 11.0. The molecule has 0 aliphatic heterocycles. The number of nitrogens with one attached hydrogen (secondary N) is 2. The second-order valence-corrected chi connectivity index (χ2v) is 3.81. The fourth-order valence-corrected chi connectivity index (χ4v) is 1.24. The van der Waals surface area contributed by atoms with Crippen molar-refractivity contribution < 1.29 is 19.1 Å². The first-order valence-corrected chi connectivity index (χ1v) is 5.71. The highest BCUT2D eigenvalue weighted by molar-refractivity contribution is 5.98. The van der Waals surface area contributed by atoms with E-state index in [1.807, 2.05) is 11.4 Å². The van der Waals surface area contributed by atoms with Gasteiger partial charge >= 0.3 is 12.0 Å². The van der Waals surface area contributed by atoms with Gasteiger partial charge in [0.25, 0.3) is 5.91 Å². The summed E-state index contributed by atoms with van der Waals surface area (Å²) in [5, 5.41) is 12.8. The third-order valence-corrected chi connectivity index (χ3v) is 2.37. The summed E-state index contributed by atoms with van der Waals surface area (Å²) < 4.78 is 4.90. The van der Waals surface area contributed by atoms with E-state index in [1.54, 1.807) is 0 Å². The zero-order chi connectivity index (χ0) is 15.1. The van der Waals surface area contributed by atoms with Gasteiger partial charge in [-0.15, -0.1) is 0 Å². The van der Waals surface area contributed by atoms with E-state index in [0.29, 0.717) is 5.56 Å². The average molecular weight is 275 g/mol. The fraction of sp³-hybridized carbons (Fsp3) is 0.231. The maximum Gasteiger partial charge on any atom is 0.338 e. The Kier molecular flexibility index (Phi) is 5.23. The van der Waals surface area contributed by atoms with Crippen LogP contribution in [0.2, 0.25) is 0 Å². The quantitative estimate of drug-likeness (QED) is 0.783. The highest BCUT2D eigenvalue weighted by Gasteiger charge is 2.20. The number of nitriles is 1. The molecule has 7 nitrogen and oxygen atoms in total. The van der Waals surface area contributed by atoms with Crippen LogP contribution in [0.5, 0.6) is 0 Å². The first-order valence-electron chi connectivity index (χ1n) is 5.71. The summed E-state index contributed by atoms with van der Waals surface area (Å²) in [5.41, 5.74) is 0.621. The summed E-state index contributed by atoms with van der Waals surface area (Å²) in [6.45, 7) is 1.35. The SMILES string of the molecule is CNC(=O)NC(=O)C(C)OC(=O)c1ccc(C#N)cc1. The molecule has 0 saturated heterocycles. The average Bonchev–Trinajstić information content (AvgIpc) is 2.46. The van der Waals surface area contributed by atoms with Crippen molar-refractivity contribution in [3.63, 3.8) is 0 Å². The lowest BCUT2D eigenvalue weighted by Gasteiger charge is -2.12. The summed E-state index contributed by atoms with van der Waals surface area (Å²) in [6.07, 6.45) is -1.12. The molecule has 1 unspecified atom stereocenters. The molecule has 0 fully saturated rings. The van der Waals surface area contributed by atoms with Crippen molar-refractivity contribution in [2.24, 2.45) is 0 Å². The molecule has 1 aromatic rings. The molecule has 0 heterocycles. The standard InChI is InChI=1S/C13H13N3O4/c1-8(11(17)16-13(19)15-2)20-12(18)10-5-3-9(7-14)4-6-10/h3-6,8H,1-2H3,(H2,15,16,17,19). The molecule has 104 valence electrons. The van der Waals surface area contributed by atoms with Crippen LogP contribution in [0.1, 0.15) is 22.8 Å². The van der Waals surface area contributed by atoms with Crippen molar-refractivity contribution >= 4 is 17.9 Å². The summed E-state index contributed by atoms with van der Waals surface area (Å²) in [5.74, 6) is -1.44. The maximum absolute atomic E-state index is 11.7. The topological polar surface area (TPSA) is 108 Å². The number of hydrogen-bond donors (Lipinski definition) is 2. The van der Waals surface area contributed by atoms with Gasteiger partial charge < -0.3 is 10.1 Å². The van der Waals surface area contributed by atoms with E-state index in [9.17, 15) is 14.4 Å². The van der Waals surface area contributed by atoms with Gasteiger partial charge in [0.15, 0.2) is 6.10 Å². The van der Waals surface area contributed by atoms with Gasteiger partial charge in [-0.25, -0.2) is 9.59 Å². The second-order valence-electron chi connectivity index (χ2n) is 3.81. The fourth-order valence-electron chi connectivity index (χ4n) is 1.24. The molecule has 0 aliphatic carbocycles. The number of esters is 1. The van der Waals surface area contributed by atoms with Crippen LogP contribution in [-0.2, 0) is 9.53 Å². The molecule has 0 saturated carbocycles. The molecule has 7 heteroatoms. The Morgan fingerprint density at radius 1 is 1.25 bits per heavy atom. The van der Waals surface area contributed by atoms with E-state index in [1.165, 1.54) is 38.2 Å². The van der Waals surface area contributed by atoms with Gasteiger partial charge in [-0.1, -0.05) is 0 Å². The van der Waals surface area contributed by atoms with E-state index < -0.39 is 24.0 Å². The van der Waals surface area contributed by atoms with Gasteiger partial charge in [0, 0.05) is 7.05 Å². The number of imide groups is 1. The van der Waals surface area contributed by atoms with Gasteiger partial charge in [0.05, 0.1) is 17.2 Å². The summed E-state index contributed by atoms with van der Waals surface area (Å²) >= 11 is 0. The minimum absolute atomic E-state index is 0.212. The molecule has 3 amide bonds. The number of hydrogen-bond acceptors (Lipinski definition) is 5. The van der Waals surface area contributed by atoms with E-state index in [-0.39, 0.29) is 5.56 Å². The molecule has 0 bridgehead atoms. The van der Waals surface area contributed by atoms with Crippen molar-refractivity contribution in [1.29, 1.82) is 5.26 Å². The van der Waals surface area contributed by atoms with Crippen LogP contribution < -0.4 is 10.6 Å². The van der Waals surface area contributed by atoms with E-state index in [2.05, 4.69) is 5.32 Å². The number of urea groups is 1. The van der Waals surface area contributed by atoms with Crippen LogP contribution in [0.4, 0.5) is 4.79 Å².